The van der Waals surface area contributed by atoms with E-state index in [1.165, 1.54) is 0 Å². The minimum atomic E-state index is -0.538. The Kier molecular flexibility index (Phi) is 5.19. The van der Waals surface area contributed by atoms with Crippen LogP contribution in [0.4, 0.5) is 0 Å². The zero-order valence-corrected chi connectivity index (χ0v) is 11.9. The van der Waals surface area contributed by atoms with Crippen LogP contribution >= 0.6 is 0 Å². The highest BCUT2D eigenvalue weighted by molar-refractivity contribution is 5.28. The third-order valence-corrected chi connectivity index (χ3v) is 3.63. The second kappa shape index (κ2) is 7.31. The second-order valence-electron chi connectivity index (χ2n) is 5.06. The van der Waals surface area contributed by atoms with E-state index in [0.717, 1.165) is 11.1 Å². The van der Waals surface area contributed by atoms with Crippen LogP contribution in [-0.2, 0) is 0 Å². The summed E-state index contributed by atoms with van der Waals surface area (Å²) in [6.45, 7) is -0.672. The van der Waals surface area contributed by atoms with Gasteiger partial charge in [0.25, 0.3) is 0 Å². The molecule has 0 aliphatic rings. The summed E-state index contributed by atoms with van der Waals surface area (Å²) in [5.74, 6) is -1.08. The van der Waals surface area contributed by atoms with E-state index in [2.05, 4.69) is 0 Å². The maximum Gasteiger partial charge on any atom is 0.211 e. The summed E-state index contributed by atoms with van der Waals surface area (Å²) >= 11 is 0. The van der Waals surface area contributed by atoms with Crippen molar-refractivity contribution in [2.75, 3.05) is 13.1 Å². The summed E-state index contributed by atoms with van der Waals surface area (Å²) in [6, 6.07) is 17.9. The van der Waals surface area contributed by atoms with E-state index in [-0.39, 0.29) is 13.1 Å². The Bertz CT molecular complexity index is 574. The van der Waals surface area contributed by atoms with E-state index in [9.17, 15) is 20.2 Å². The summed E-state index contributed by atoms with van der Waals surface area (Å²) in [5, 5.41) is 22.1. The summed E-state index contributed by atoms with van der Waals surface area (Å²) in [4.78, 5) is 21.3. The standard InChI is InChI=1S/C16H16N2O4/c19-17(20)11-15(13-7-3-1-4-8-13)16(12-18(21)22)14-9-5-2-6-10-14/h1-10,15-16H,11-12H2/t15-,16-/m1/s1. The fraction of sp³-hybridized carbons (Fsp3) is 0.250. The molecule has 6 heteroatoms. The topological polar surface area (TPSA) is 86.3 Å². The van der Waals surface area contributed by atoms with Gasteiger partial charge in [-0.25, -0.2) is 0 Å². The van der Waals surface area contributed by atoms with E-state index in [1.807, 2.05) is 12.1 Å². The Hall–Kier alpha value is -2.76. The molecule has 2 atom stereocenters. The molecule has 0 fully saturated rings. The first-order valence-corrected chi connectivity index (χ1v) is 6.91. The molecule has 6 nitrogen and oxygen atoms in total. The number of benzene rings is 2. The molecule has 0 heterocycles. The molecular weight excluding hydrogens is 284 g/mol. The van der Waals surface area contributed by atoms with Crippen molar-refractivity contribution < 1.29 is 9.85 Å². The molecule has 0 bridgehead atoms. The van der Waals surface area contributed by atoms with Crippen LogP contribution in [0.3, 0.4) is 0 Å². The normalized spacial score (nSPS) is 13.3. The molecule has 0 aliphatic heterocycles. The molecule has 0 amide bonds. The Balaban J connectivity index is 2.43. The average Bonchev–Trinajstić information content (AvgIpc) is 2.52. The van der Waals surface area contributed by atoms with Gasteiger partial charge in [-0.2, -0.15) is 0 Å². The van der Waals surface area contributed by atoms with Crippen molar-refractivity contribution >= 4 is 0 Å². The zero-order chi connectivity index (χ0) is 15.9. The van der Waals surface area contributed by atoms with Crippen molar-refractivity contribution in [1.82, 2.24) is 0 Å². The van der Waals surface area contributed by atoms with Gasteiger partial charge >= 0.3 is 0 Å². The Morgan fingerprint density at radius 3 is 1.27 bits per heavy atom. The molecule has 2 aromatic rings. The van der Waals surface area contributed by atoms with Gasteiger partial charge in [-0.3, -0.25) is 20.2 Å². The van der Waals surface area contributed by atoms with E-state index in [0.29, 0.717) is 0 Å². The molecular formula is C16H16N2O4. The van der Waals surface area contributed by atoms with Crippen LogP contribution < -0.4 is 0 Å². The summed E-state index contributed by atoms with van der Waals surface area (Å²) in [5.41, 5.74) is 1.49. The lowest BCUT2D eigenvalue weighted by Crippen LogP contribution is -2.25. The number of hydrogen-bond donors (Lipinski definition) is 0. The van der Waals surface area contributed by atoms with Crippen LogP contribution in [0.15, 0.2) is 60.7 Å². The minimum Gasteiger partial charge on any atom is -0.265 e. The Morgan fingerprint density at radius 1 is 0.682 bits per heavy atom. The van der Waals surface area contributed by atoms with Crippen LogP contribution in [-0.4, -0.2) is 22.9 Å². The van der Waals surface area contributed by atoms with Gasteiger partial charge in [0.15, 0.2) is 0 Å². The third kappa shape index (κ3) is 4.12. The summed E-state index contributed by atoms with van der Waals surface area (Å²) in [7, 11) is 0. The first-order valence-electron chi connectivity index (χ1n) is 6.91. The van der Waals surface area contributed by atoms with Crippen molar-refractivity contribution in [3.8, 4) is 0 Å². The molecule has 114 valence electrons. The van der Waals surface area contributed by atoms with Crippen LogP contribution in [0.25, 0.3) is 0 Å². The summed E-state index contributed by atoms with van der Waals surface area (Å²) in [6.07, 6.45) is 0. The molecule has 0 unspecified atom stereocenters. The van der Waals surface area contributed by atoms with Crippen molar-refractivity contribution in [2.45, 2.75) is 11.8 Å². The predicted molar refractivity (Wildman–Crippen MR) is 82.1 cm³/mol. The Labute approximate surface area is 127 Å². The predicted octanol–water partition coefficient (Wildman–Crippen LogP) is 3.11. The van der Waals surface area contributed by atoms with Crippen LogP contribution in [0.5, 0.6) is 0 Å². The first-order chi connectivity index (χ1) is 10.6. The molecule has 0 N–H and O–H groups in total. The average molecular weight is 300 g/mol. The lowest BCUT2D eigenvalue weighted by molar-refractivity contribution is -0.498. The van der Waals surface area contributed by atoms with Crippen molar-refractivity contribution in [2.24, 2.45) is 0 Å². The van der Waals surface area contributed by atoms with E-state index in [1.54, 1.807) is 48.5 Å². The van der Waals surface area contributed by atoms with Crippen LogP contribution in [0.2, 0.25) is 0 Å². The number of nitrogens with zero attached hydrogens (tertiary/aromatic N) is 2. The quantitative estimate of drug-likeness (QED) is 0.580. The molecule has 2 aromatic carbocycles. The SMILES string of the molecule is O=[N+]([O-])C[C@H](c1ccccc1)[C@H](C[N+](=O)[O-])c1ccccc1. The fourth-order valence-electron chi connectivity index (χ4n) is 2.65. The van der Waals surface area contributed by atoms with E-state index >= 15 is 0 Å². The highest BCUT2D eigenvalue weighted by Gasteiger charge is 2.32. The van der Waals surface area contributed by atoms with Crippen molar-refractivity contribution in [3.63, 3.8) is 0 Å². The van der Waals surface area contributed by atoms with Crippen LogP contribution in [0, 0.1) is 20.2 Å². The smallest absolute Gasteiger partial charge is 0.211 e. The van der Waals surface area contributed by atoms with E-state index < -0.39 is 21.7 Å². The minimum absolute atomic E-state index is 0.336. The van der Waals surface area contributed by atoms with Gasteiger partial charge in [-0.1, -0.05) is 60.7 Å². The van der Waals surface area contributed by atoms with Crippen LogP contribution in [0.1, 0.15) is 23.0 Å². The zero-order valence-electron chi connectivity index (χ0n) is 11.9. The summed E-state index contributed by atoms with van der Waals surface area (Å²) < 4.78 is 0. The third-order valence-electron chi connectivity index (χ3n) is 3.63. The molecule has 0 aliphatic carbocycles. The highest BCUT2D eigenvalue weighted by atomic mass is 16.6. The van der Waals surface area contributed by atoms with Crippen molar-refractivity contribution in [3.05, 3.63) is 92.0 Å². The van der Waals surface area contributed by atoms with Gasteiger partial charge in [0.2, 0.25) is 13.1 Å². The second-order valence-corrected chi connectivity index (χ2v) is 5.06. The Morgan fingerprint density at radius 2 is 1.00 bits per heavy atom. The highest BCUT2D eigenvalue weighted by Crippen LogP contribution is 2.33. The maximum absolute atomic E-state index is 11.0. The molecule has 0 radical (unpaired) electrons. The van der Waals surface area contributed by atoms with E-state index in [4.69, 9.17) is 0 Å². The maximum atomic E-state index is 11.0. The van der Waals surface area contributed by atoms with Gasteiger partial charge in [0, 0.05) is 9.85 Å². The number of rotatable bonds is 7. The lowest BCUT2D eigenvalue weighted by Gasteiger charge is -2.22. The first kappa shape index (κ1) is 15.6. The molecule has 0 saturated heterocycles. The van der Waals surface area contributed by atoms with Crippen molar-refractivity contribution in [1.29, 1.82) is 0 Å². The number of nitro groups is 2. The van der Waals surface area contributed by atoms with Gasteiger partial charge in [0.05, 0.1) is 11.8 Å². The lowest BCUT2D eigenvalue weighted by atomic mass is 9.81. The van der Waals surface area contributed by atoms with Gasteiger partial charge < -0.3 is 0 Å². The molecule has 0 spiro atoms. The van der Waals surface area contributed by atoms with Gasteiger partial charge in [-0.15, -0.1) is 0 Å². The monoisotopic (exact) mass is 300 g/mol. The fourth-order valence-corrected chi connectivity index (χ4v) is 2.65. The molecule has 0 saturated carbocycles. The molecule has 2 rings (SSSR count). The molecule has 0 aromatic heterocycles. The number of hydrogen-bond acceptors (Lipinski definition) is 4. The van der Waals surface area contributed by atoms with Gasteiger partial charge in [0.1, 0.15) is 0 Å². The van der Waals surface area contributed by atoms with Gasteiger partial charge in [-0.05, 0) is 11.1 Å². The molecule has 22 heavy (non-hydrogen) atoms. The largest absolute Gasteiger partial charge is 0.265 e.